The summed E-state index contributed by atoms with van der Waals surface area (Å²) in [5, 5.41) is 3.66. The van der Waals surface area contributed by atoms with Crippen molar-refractivity contribution in [2.45, 2.75) is 17.7 Å². The number of hydrogen-bond acceptors (Lipinski definition) is 5. The van der Waals surface area contributed by atoms with E-state index >= 15 is 0 Å². The van der Waals surface area contributed by atoms with Crippen LogP contribution in [0.15, 0.2) is 23.1 Å². The molecule has 0 bridgehead atoms. The highest BCUT2D eigenvalue weighted by Gasteiger charge is 2.42. The van der Waals surface area contributed by atoms with Crippen molar-refractivity contribution in [1.82, 2.24) is 14.5 Å². The van der Waals surface area contributed by atoms with Crippen LogP contribution in [0.25, 0.3) is 0 Å². The molecule has 3 aliphatic heterocycles. The third-order valence-electron chi connectivity index (χ3n) is 5.83. The molecule has 9 heteroatoms. The highest BCUT2D eigenvalue weighted by molar-refractivity contribution is 7.89. The first-order valence-electron chi connectivity index (χ1n) is 9.29. The van der Waals surface area contributed by atoms with Crippen molar-refractivity contribution >= 4 is 27.5 Å². The molecule has 3 saturated heterocycles. The second kappa shape index (κ2) is 7.33. The smallest absolute Gasteiger partial charge is 0.255 e. The van der Waals surface area contributed by atoms with E-state index in [0.717, 1.165) is 25.9 Å². The van der Waals surface area contributed by atoms with E-state index < -0.39 is 10.0 Å². The fourth-order valence-electron chi connectivity index (χ4n) is 4.19. The van der Waals surface area contributed by atoms with Crippen LogP contribution in [-0.4, -0.2) is 76.0 Å². The number of sulfonamides is 1. The molecule has 1 amide bonds. The summed E-state index contributed by atoms with van der Waals surface area (Å²) in [5.41, 5.74) is 0.411. The van der Waals surface area contributed by atoms with E-state index in [9.17, 15) is 13.2 Å². The van der Waals surface area contributed by atoms with Crippen molar-refractivity contribution < 1.29 is 17.9 Å². The molecule has 1 aromatic carbocycles. The molecule has 1 atom stereocenters. The maximum absolute atomic E-state index is 13.1. The van der Waals surface area contributed by atoms with Crippen molar-refractivity contribution in [2.24, 2.45) is 5.41 Å². The second-order valence-electron chi connectivity index (χ2n) is 7.56. The van der Waals surface area contributed by atoms with Crippen LogP contribution in [0.3, 0.4) is 0 Å². The summed E-state index contributed by atoms with van der Waals surface area (Å²) in [5.74, 6) is -0.192. The molecule has 0 aliphatic carbocycles. The van der Waals surface area contributed by atoms with Crippen molar-refractivity contribution in [3.63, 3.8) is 0 Å². The van der Waals surface area contributed by atoms with Gasteiger partial charge in [-0.25, -0.2) is 8.42 Å². The molecule has 7 nitrogen and oxygen atoms in total. The average Bonchev–Trinajstić information content (AvgIpc) is 3.32. The molecule has 3 fully saturated rings. The maximum Gasteiger partial charge on any atom is 0.255 e. The number of benzene rings is 1. The van der Waals surface area contributed by atoms with Gasteiger partial charge in [-0.05, 0) is 37.6 Å². The Labute approximate surface area is 164 Å². The highest BCUT2D eigenvalue weighted by atomic mass is 35.5. The summed E-state index contributed by atoms with van der Waals surface area (Å²) in [4.78, 5) is 15.0. The number of ether oxygens (including phenoxy) is 1. The Morgan fingerprint density at radius 1 is 1.19 bits per heavy atom. The summed E-state index contributed by atoms with van der Waals surface area (Å²) >= 11 is 6.27. The molecule has 1 spiro atoms. The number of morpholine rings is 1. The van der Waals surface area contributed by atoms with Crippen molar-refractivity contribution in [3.05, 3.63) is 28.8 Å². The molecule has 27 heavy (non-hydrogen) atoms. The molecular weight excluding hydrogens is 390 g/mol. The minimum atomic E-state index is -3.67. The Bertz CT molecular complexity index is 833. The fraction of sp³-hybridized carbons (Fsp3) is 0.611. The molecule has 148 valence electrons. The number of nitrogens with zero attached hydrogens (tertiary/aromatic N) is 2. The second-order valence-corrected chi connectivity index (χ2v) is 9.91. The summed E-state index contributed by atoms with van der Waals surface area (Å²) in [6.45, 7) is 4.66. The molecule has 0 radical (unpaired) electrons. The van der Waals surface area contributed by atoms with Gasteiger partial charge in [0, 0.05) is 38.1 Å². The lowest BCUT2D eigenvalue weighted by atomic mass is 9.86. The van der Waals surface area contributed by atoms with E-state index in [0.29, 0.717) is 39.4 Å². The van der Waals surface area contributed by atoms with Crippen LogP contribution in [0.2, 0.25) is 5.02 Å². The van der Waals surface area contributed by atoms with Gasteiger partial charge in [0.15, 0.2) is 0 Å². The van der Waals surface area contributed by atoms with Crippen molar-refractivity contribution in [1.29, 1.82) is 0 Å². The summed E-state index contributed by atoms with van der Waals surface area (Å²) in [6, 6.07) is 4.40. The lowest BCUT2D eigenvalue weighted by molar-refractivity contribution is 0.0730. The van der Waals surface area contributed by atoms with E-state index in [1.54, 1.807) is 4.90 Å². The molecular formula is C18H24ClN3O4S. The predicted molar refractivity (Wildman–Crippen MR) is 101 cm³/mol. The number of rotatable bonds is 3. The molecule has 0 aromatic heterocycles. The lowest BCUT2D eigenvalue weighted by Gasteiger charge is -2.26. The van der Waals surface area contributed by atoms with Gasteiger partial charge >= 0.3 is 0 Å². The van der Waals surface area contributed by atoms with Crippen LogP contribution in [0.1, 0.15) is 23.2 Å². The van der Waals surface area contributed by atoms with E-state index in [4.69, 9.17) is 16.3 Å². The van der Waals surface area contributed by atoms with Crippen LogP contribution < -0.4 is 5.32 Å². The van der Waals surface area contributed by atoms with Gasteiger partial charge in [0.05, 0.1) is 28.7 Å². The number of carbonyl (C=O) groups is 1. The highest BCUT2D eigenvalue weighted by Crippen LogP contribution is 2.37. The van der Waals surface area contributed by atoms with Gasteiger partial charge < -0.3 is 15.0 Å². The number of amides is 1. The summed E-state index contributed by atoms with van der Waals surface area (Å²) < 4.78 is 32.4. The third-order valence-corrected chi connectivity index (χ3v) is 8.06. The fourth-order valence-corrected chi connectivity index (χ4v) is 5.82. The summed E-state index contributed by atoms with van der Waals surface area (Å²) in [6.07, 6.45) is 2.03. The zero-order chi connectivity index (χ0) is 19.1. The molecule has 3 heterocycles. The van der Waals surface area contributed by atoms with E-state index in [1.165, 1.54) is 22.5 Å². The monoisotopic (exact) mass is 413 g/mol. The predicted octanol–water partition coefficient (Wildman–Crippen LogP) is 1.19. The Morgan fingerprint density at radius 3 is 2.67 bits per heavy atom. The summed E-state index contributed by atoms with van der Waals surface area (Å²) in [7, 11) is -3.67. The van der Waals surface area contributed by atoms with Crippen LogP contribution in [0.5, 0.6) is 0 Å². The average molecular weight is 414 g/mol. The van der Waals surface area contributed by atoms with E-state index in [2.05, 4.69) is 5.32 Å². The zero-order valence-corrected chi connectivity index (χ0v) is 16.7. The largest absolute Gasteiger partial charge is 0.379 e. The topological polar surface area (TPSA) is 79.0 Å². The van der Waals surface area contributed by atoms with Crippen molar-refractivity contribution in [3.8, 4) is 0 Å². The van der Waals surface area contributed by atoms with Crippen LogP contribution in [0.4, 0.5) is 0 Å². The number of likely N-dealkylation sites (tertiary alicyclic amines) is 1. The van der Waals surface area contributed by atoms with Gasteiger partial charge in [-0.3, -0.25) is 4.79 Å². The number of halogens is 1. The molecule has 0 saturated carbocycles. The van der Waals surface area contributed by atoms with Crippen LogP contribution in [-0.2, 0) is 14.8 Å². The lowest BCUT2D eigenvalue weighted by Crippen LogP contribution is -2.40. The van der Waals surface area contributed by atoms with E-state index in [-0.39, 0.29) is 26.8 Å². The van der Waals surface area contributed by atoms with Gasteiger partial charge in [-0.1, -0.05) is 11.6 Å². The van der Waals surface area contributed by atoms with Gasteiger partial charge in [-0.15, -0.1) is 0 Å². The minimum absolute atomic E-state index is 0.105. The van der Waals surface area contributed by atoms with Crippen LogP contribution in [0, 0.1) is 5.41 Å². The molecule has 3 aliphatic rings. The Hall–Kier alpha value is -1.19. The number of nitrogens with one attached hydrogen (secondary N) is 1. The molecule has 1 aromatic rings. The van der Waals surface area contributed by atoms with Gasteiger partial charge in [-0.2, -0.15) is 4.31 Å². The Balaban J connectivity index is 1.58. The first-order valence-corrected chi connectivity index (χ1v) is 11.1. The normalized spacial score (nSPS) is 26.8. The third kappa shape index (κ3) is 3.61. The Kier molecular flexibility index (Phi) is 5.20. The number of carbonyl (C=O) groups excluding carboxylic acids is 1. The standard InChI is InChI=1S/C18H24ClN3O4S/c19-16-2-1-14(27(24,25)22-7-9-26-10-8-22)11-15(16)17(23)21-6-4-18(13-21)3-5-20-12-18/h1-2,11,20H,3-10,12-13H2. The molecule has 1 N–H and O–H groups in total. The SMILES string of the molecule is O=C(c1cc(S(=O)(=O)N2CCOCC2)ccc1Cl)N1CCC2(CCNC2)C1. The number of hydrogen-bond donors (Lipinski definition) is 1. The minimum Gasteiger partial charge on any atom is -0.379 e. The van der Waals surface area contributed by atoms with Gasteiger partial charge in [0.25, 0.3) is 5.91 Å². The van der Waals surface area contributed by atoms with Crippen LogP contribution >= 0.6 is 11.6 Å². The quantitative estimate of drug-likeness (QED) is 0.805. The van der Waals surface area contributed by atoms with Gasteiger partial charge in [0.2, 0.25) is 10.0 Å². The first-order chi connectivity index (χ1) is 12.9. The zero-order valence-electron chi connectivity index (χ0n) is 15.1. The maximum atomic E-state index is 13.1. The first kappa shape index (κ1) is 19.1. The Morgan fingerprint density at radius 2 is 1.96 bits per heavy atom. The van der Waals surface area contributed by atoms with E-state index in [1.807, 2.05) is 0 Å². The molecule has 1 unspecified atom stereocenters. The van der Waals surface area contributed by atoms with Gasteiger partial charge in [0.1, 0.15) is 0 Å². The molecule has 4 rings (SSSR count). The van der Waals surface area contributed by atoms with Crippen molar-refractivity contribution in [2.75, 3.05) is 52.5 Å².